The number of esters is 1. The number of ether oxygens (including phenoxy) is 3. The zero-order chi connectivity index (χ0) is 21.3. The Morgan fingerprint density at radius 3 is 2.48 bits per heavy atom. The number of hydrogen-bond acceptors (Lipinski definition) is 8. The number of amides is 1. The number of thiophene rings is 1. The van der Waals surface area contributed by atoms with Gasteiger partial charge >= 0.3 is 5.97 Å². The van der Waals surface area contributed by atoms with Crippen molar-refractivity contribution in [3.05, 3.63) is 45.5 Å². The predicted molar refractivity (Wildman–Crippen MR) is 112 cm³/mol. The molecule has 9 heteroatoms. The Labute approximate surface area is 172 Å². The number of nitrogen functional groups attached to an aromatic ring is 1. The molecule has 0 radical (unpaired) electrons. The van der Waals surface area contributed by atoms with Crippen LogP contribution in [0.4, 0.5) is 10.7 Å². The van der Waals surface area contributed by atoms with Gasteiger partial charge in [0.1, 0.15) is 4.88 Å². The number of anilines is 2. The number of hydrogen-bond donors (Lipinski definition) is 3. The molecule has 1 atom stereocenters. The Balaban J connectivity index is 2.27. The van der Waals surface area contributed by atoms with Crippen LogP contribution in [0.2, 0.25) is 0 Å². The van der Waals surface area contributed by atoms with Crippen molar-refractivity contribution >= 4 is 33.9 Å². The Morgan fingerprint density at radius 1 is 1.21 bits per heavy atom. The lowest BCUT2D eigenvalue weighted by atomic mass is 9.81. The molecule has 0 aliphatic carbocycles. The summed E-state index contributed by atoms with van der Waals surface area (Å²) in [5.41, 5.74) is 14.4. The first-order valence-corrected chi connectivity index (χ1v) is 9.74. The minimum atomic E-state index is -0.620. The highest BCUT2D eigenvalue weighted by atomic mass is 32.1. The third kappa shape index (κ3) is 3.49. The third-order valence-corrected chi connectivity index (χ3v) is 5.88. The number of fused-ring (bicyclic) bond motifs is 1. The van der Waals surface area contributed by atoms with Crippen LogP contribution in [0.15, 0.2) is 29.5 Å². The zero-order valence-corrected chi connectivity index (χ0v) is 17.4. The lowest BCUT2D eigenvalue weighted by Crippen LogP contribution is -2.24. The molecule has 5 N–H and O–H groups in total. The van der Waals surface area contributed by atoms with E-state index in [0.717, 1.165) is 16.9 Å². The summed E-state index contributed by atoms with van der Waals surface area (Å²) >= 11 is 1.16. The van der Waals surface area contributed by atoms with Gasteiger partial charge in [-0.15, -0.1) is 11.3 Å². The van der Waals surface area contributed by atoms with Gasteiger partial charge in [0.05, 0.1) is 37.1 Å². The quantitative estimate of drug-likeness (QED) is 0.617. The molecule has 3 rings (SSSR count). The SMILES string of the molecule is CCOC(=O)C1=C(C)Nc2sc(C(N)=O)c(N)c2C1c1ccc(OC)c(OC)c1. The number of nitrogens with one attached hydrogen (secondary N) is 1. The van der Waals surface area contributed by atoms with Crippen LogP contribution in [-0.2, 0) is 9.53 Å². The molecule has 1 unspecified atom stereocenters. The number of benzene rings is 1. The van der Waals surface area contributed by atoms with Crippen molar-refractivity contribution in [3.8, 4) is 11.5 Å². The number of rotatable bonds is 6. The maximum Gasteiger partial charge on any atom is 0.336 e. The molecule has 2 aromatic rings. The standard InChI is InChI=1S/C20H23N3O5S/c1-5-28-20(25)13-9(2)23-19-15(16(21)17(29-19)18(22)24)14(13)10-6-7-11(26-3)12(8-10)27-4/h6-8,14,23H,5,21H2,1-4H3,(H2,22,24). The summed E-state index contributed by atoms with van der Waals surface area (Å²) in [4.78, 5) is 24.9. The van der Waals surface area contributed by atoms with E-state index in [1.807, 2.05) is 6.07 Å². The van der Waals surface area contributed by atoms with Crippen molar-refractivity contribution < 1.29 is 23.8 Å². The monoisotopic (exact) mass is 417 g/mol. The average molecular weight is 417 g/mol. The summed E-state index contributed by atoms with van der Waals surface area (Å²) in [6, 6.07) is 5.37. The molecular weight excluding hydrogens is 394 g/mol. The summed E-state index contributed by atoms with van der Waals surface area (Å²) in [7, 11) is 3.08. The van der Waals surface area contributed by atoms with Crippen molar-refractivity contribution in [1.82, 2.24) is 0 Å². The van der Waals surface area contributed by atoms with Crippen molar-refractivity contribution in [3.63, 3.8) is 0 Å². The van der Waals surface area contributed by atoms with Gasteiger partial charge < -0.3 is 31.0 Å². The number of carbonyl (C=O) groups excluding carboxylic acids is 2. The maximum absolute atomic E-state index is 12.8. The molecule has 1 aliphatic heterocycles. The highest BCUT2D eigenvalue weighted by Gasteiger charge is 2.38. The van der Waals surface area contributed by atoms with Gasteiger partial charge in [-0.05, 0) is 31.5 Å². The fourth-order valence-electron chi connectivity index (χ4n) is 3.46. The van der Waals surface area contributed by atoms with E-state index >= 15 is 0 Å². The lowest BCUT2D eigenvalue weighted by Gasteiger charge is -2.28. The van der Waals surface area contributed by atoms with Gasteiger partial charge in [-0.25, -0.2) is 4.79 Å². The van der Waals surface area contributed by atoms with Crippen LogP contribution in [-0.4, -0.2) is 32.7 Å². The number of primary amides is 1. The Kier molecular flexibility index (Phi) is 5.69. The van der Waals surface area contributed by atoms with Gasteiger partial charge in [0, 0.05) is 17.2 Å². The Hall–Kier alpha value is -3.20. The summed E-state index contributed by atoms with van der Waals surface area (Å²) in [6.07, 6.45) is 0. The van der Waals surface area contributed by atoms with E-state index in [9.17, 15) is 9.59 Å². The molecule has 2 heterocycles. The van der Waals surface area contributed by atoms with E-state index in [0.29, 0.717) is 33.3 Å². The molecule has 0 saturated heterocycles. The smallest absolute Gasteiger partial charge is 0.336 e. The number of nitrogens with two attached hydrogens (primary N) is 2. The molecule has 8 nitrogen and oxygen atoms in total. The normalized spacial score (nSPS) is 15.4. The van der Waals surface area contributed by atoms with E-state index in [1.165, 1.54) is 7.11 Å². The second kappa shape index (κ2) is 8.04. The van der Waals surface area contributed by atoms with Gasteiger partial charge in [0.15, 0.2) is 11.5 Å². The van der Waals surface area contributed by atoms with Crippen molar-refractivity contribution in [1.29, 1.82) is 0 Å². The minimum Gasteiger partial charge on any atom is -0.493 e. The highest BCUT2D eigenvalue weighted by Crippen LogP contribution is 2.50. The van der Waals surface area contributed by atoms with Gasteiger partial charge in [0.25, 0.3) is 5.91 Å². The predicted octanol–water partition coefficient (Wildman–Crippen LogP) is 2.84. The molecule has 1 aromatic heterocycles. The van der Waals surface area contributed by atoms with Crippen LogP contribution < -0.4 is 26.3 Å². The van der Waals surface area contributed by atoms with E-state index in [-0.39, 0.29) is 17.2 Å². The summed E-state index contributed by atoms with van der Waals surface area (Å²) < 4.78 is 16.0. The van der Waals surface area contributed by atoms with E-state index in [1.54, 1.807) is 33.1 Å². The number of methoxy groups -OCH3 is 2. The first-order chi connectivity index (χ1) is 13.8. The summed E-state index contributed by atoms with van der Waals surface area (Å²) in [5, 5.41) is 3.84. The first-order valence-electron chi connectivity index (χ1n) is 8.92. The highest BCUT2D eigenvalue weighted by molar-refractivity contribution is 7.19. The van der Waals surface area contributed by atoms with Crippen LogP contribution in [0, 0.1) is 0 Å². The number of carbonyl (C=O) groups is 2. The zero-order valence-electron chi connectivity index (χ0n) is 16.6. The fourth-order valence-corrected chi connectivity index (χ4v) is 4.53. The molecule has 154 valence electrons. The Bertz CT molecular complexity index is 1010. The van der Waals surface area contributed by atoms with Gasteiger partial charge in [-0.3, -0.25) is 4.79 Å². The Morgan fingerprint density at radius 2 is 1.90 bits per heavy atom. The topological polar surface area (TPSA) is 126 Å². The molecular formula is C20H23N3O5S. The molecule has 29 heavy (non-hydrogen) atoms. The fraction of sp³-hybridized carbons (Fsp3) is 0.300. The van der Waals surface area contributed by atoms with Gasteiger partial charge in [-0.1, -0.05) is 6.07 Å². The molecule has 0 bridgehead atoms. The third-order valence-electron chi connectivity index (χ3n) is 4.73. The average Bonchev–Trinajstić information content (AvgIpc) is 3.02. The van der Waals surface area contributed by atoms with Crippen LogP contribution in [0.1, 0.15) is 40.6 Å². The molecule has 1 aliphatic rings. The maximum atomic E-state index is 12.8. The molecule has 1 amide bonds. The van der Waals surface area contributed by atoms with Crippen LogP contribution in [0.5, 0.6) is 11.5 Å². The van der Waals surface area contributed by atoms with Gasteiger partial charge in [-0.2, -0.15) is 0 Å². The second-order valence-electron chi connectivity index (χ2n) is 6.38. The summed E-state index contributed by atoms with van der Waals surface area (Å²) in [6.45, 7) is 3.75. The summed E-state index contributed by atoms with van der Waals surface area (Å²) in [5.74, 6) is -0.580. The van der Waals surface area contributed by atoms with E-state index < -0.39 is 17.8 Å². The lowest BCUT2D eigenvalue weighted by molar-refractivity contribution is -0.138. The van der Waals surface area contributed by atoms with Crippen LogP contribution in [0.25, 0.3) is 0 Å². The van der Waals surface area contributed by atoms with E-state index in [4.69, 9.17) is 25.7 Å². The molecule has 0 fully saturated rings. The van der Waals surface area contributed by atoms with E-state index in [2.05, 4.69) is 5.32 Å². The van der Waals surface area contributed by atoms with Crippen molar-refractivity contribution in [2.75, 3.05) is 31.9 Å². The van der Waals surface area contributed by atoms with Crippen molar-refractivity contribution in [2.45, 2.75) is 19.8 Å². The minimum absolute atomic E-state index is 0.229. The molecule has 0 saturated carbocycles. The largest absolute Gasteiger partial charge is 0.493 e. The molecule has 1 aromatic carbocycles. The molecule has 0 spiro atoms. The van der Waals surface area contributed by atoms with Crippen molar-refractivity contribution in [2.24, 2.45) is 5.73 Å². The van der Waals surface area contributed by atoms with Crippen LogP contribution in [0.3, 0.4) is 0 Å². The first kappa shape index (κ1) is 20.5. The van der Waals surface area contributed by atoms with Crippen LogP contribution >= 0.6 is 11.3 Å². The van der Waals surface area contributed by atoms with Gasteiger partial charge in [0.2, 0.25) is 0 Å². The number of allylic oxidation sites excluding steroid dienone is 1. The second-order valence-corrected chi connectivity index (χ2v) is 7.40.